The Morgan fingerprint density at radius 2 is 2.03 bits per heavy atom. The second kappa shape index (κ2) is 9.11. The van der Waals surface area contributed by atoms with Crippen molar-refractivity contribution in [3.8, 4) is 5.75 Å². The van der Waals surface area contributed by atoms with Crippen LogP contribution >= 0.6 is 11.6 Å². The Morgan fingerprint density at radius 1 is 1.27 bits per heavy atom. The first-order chi connectivity index (χ1) is 14.6. The molecule has 30 heavy (non-hydrogen) atoms. The summed E-state index contributed by atoms with van der Waals surface area (Å²) in [6.45, 7) is 4.25. The zero-order chi connectivity index (χ0) is 21.1. The van der Waals surface area contributed by atoms with Crippen LogP contribution in [0.3, 0.4) is 0 Å². The molecule has 6 heteroatoms. The monoisotopic (exact) mass is 425 g/mol. The van der Waals surface area contributed by atoms with Crippen LogP contribution in [0.2, 0.25) is 5.02 Å². The van der Waals surface area contributed by atoms with E-state index in [0.29, 0.717) is 17.5 Å². The summed E-state index contributed by atoms with van der Waals surface area (Å²) in [4.78, 5) is 18.3. The number of H-pyrrole nitrogens is 1. The van der Waals surface area contributed by atoms with E-state index >= 15 is 0 Å². The maximum atomic E-state index is 12.7. The van der Waals surface area contributed by atoms with Crippen molar-refractivity contribution in [2.24, 2.45) is 0 Å². The molecule has 1 aliphatic heterocycles. The van der Waals surface area contributed by atoms with Crippen LogP contribution in [-0.4, -0.2) is 42.0 Å². The molecule has 1 unspecified atom stereocenters. The molecule has 0 aliphatic carbocycles. The van der Waals surface area contributed by atoms with E-state index < -0.39 is 0 Å². The van der Waals surface area contributed by atoms with Gasteiger partial charge in [0.15, 0.2) is 0 Å². The zero-order valence-electron chi connectivity index (χ0n) is 17.5. The molecule has 0 spiro atoms. The van der Waals surface area contributed by atoms with Gasteiger partial charge in [0.25, 0.3) is 0 Å². The predicted molar refractivity (Wildman–Crippen MR) is 121 cm³/mol. The molecule has 1 aromatic heterocycles. The smallest absolute Gasteiger partial charge is 0.237 e. The fourth-order valence-electron chi connectivity index (χ4n) is 4.32. The number of piperidine rings is 1. The number of rotatable bonds is 6. The minimum Gasteiger partial charge on any atom is -0.497 e. The number of halogens is 1. The maximum absolute atomic E-state index is 12.7. The molecule has 158 valence electrons. The van der Waals surface area contributed by atoms with Crippen LogP contribution in [0.25, 0.3) is 10.9 Å². The molecule has 0 saturated carbocycles. The molecule has 0 bridgehead atoms. The van der Waals surface area contributed by atoms with Gasteiger partial charge in [0, 0.05) is 28.7 Å². The quantitative estimate of drug-likeness (QED) is 0.601. The van der Waals surface area contributed by atoms with Gasteiger partial charge in [-0.1, -0.05) is 29.8 Å². The van der Waals surface area contributed by atoms with E-state index in [-0.39, 0.29) is 11.9 Å². The van der Waals surface area contributed by atoms with E-state index in [2.05, 4.69) is 33.5 Å². The number of methoxy groups -OCH3 is 1. The highest BCUT2D eigenvalue weighted by molar-refractivity contribution is 6.31. The standard InChI is InChI=1S/C24H28ClN3O2/c1-16(24(29)27-14-18-5-3-4-6-22(18)25)28-11-9-17(10-12-28)21-15-26-23-8-7-19(30-2)13-20(21)23/h3-8,13,15-17,26H,9-12,14H2,1-2H3,(H,27,29). The molecule has 1 amide bonds. The third-order valence-corrected chi connectivity index (χ3v) is 6.60. The van der Waals surface area contributed by atoms with Gasteiger partial charge in [-0.05, 0) is 74.2 Å². The summed E-state index contributed by atoms with van der Waals surface area (Å²) < 4.78 is 5.40. The van der Waals surface area contributed by atoms with Crippen molar-refractivity contribution in [2.75, 3.05) is 20.2 Å². The van der Waals surface area contributed by atoms with Crippen molar-refractivity contribution in [2.45, 2.75) is 38.3 Å². The highest BCUT2D eigenvalue weighted by Gasteiger charge is 2.28. The molecule has 0 radical (unpaired) electrons. The lowest BCUT2D eigenvalue weighted by molar-refractivity contribution is -0.126. The predicted octanol–water partition coefficient (Wildman–Crippen LogP) is 4.71. The number of carbonyl (C=O) groups is 1. The molecule has 2 N–H and O–H groups in total. The highest BCUT2D eigenvalue weighted by atomic mass is 35.5. The lowest BCUT2D eigenvalue weighted by Gasteiger charge is -2.35. The van der Waals surface area contributed by atoms with E-state index in [1.807, 2.05) is 37.3 Å². The molecular weight excluding hydrogens is 398 g/mol. The zero-order valence-corrected chi connectivity index (χ0v) is 18.2. The Kier molecular flexibility index (Phi) is 6.30. The van der Waals surface area contributed by atoms with E-state index in [9.17, 15) is 4.79 Å². The van der Waals surface area contributed by atoms with Crippen molar-refractivity contribution in [1.82, 2.24) is 15.2 Å². The number of hydrogen-bond donors (Lipinski definition) is 2. The Labute approximate surface area is 182 Å². The topological polar surface area (TPSA) is 57.4 Å². The van der Waals surface area contributed by atoms with Gasteiger partial charge in [-0.2, -0.15) is 0 Å². The van der Waals surface area contributed by atoms with Gasteiger partial charge in [-0.3, -0.25) is 9.69 Å². The number of fused-ring (bicyclic) bond motifs is 1. The Balaban J connectivity index is 1.35. The van der Waals surface area contributed by atoms with Crippen molar-refractivity contribution < 1.29 is 9.53 Å². The molecule has 3 aromatic rings. The largest absolute Gasteiger partial charge is 0.497 e. The number of aromatic nitrogens is 1. The normalized spacial score (nSPS) is 16.5. The van der Waals surface area contributed by atoms with Gasteiger partial charge in [-0.25, -0.2) is 0 Å². The number of aromatic amines is 1. The van der Waals surface area contributed by atoms with Gasteiger partial charge < -0.3 is 15.0 Å². The first-order valence-electron chi connectivity index (χ1n) is 10.5. The summed E-state index contributed by atoms with van der Waals surface area (Å²) in [6.07, 6.45) is 4.20. The second-order valence-electron chi connectivity index (χ2n) is 7.95. The average Bonchev–Trinajstić information content (AvgIpc) is 3.21. The number of nitrogens with one attached hydrogen (secondary N) is 2. The molecular formula is C24H28ClN3O2. The minimum absolute atomic E-state index is 0.0465. The van der Waals surface area contributed by atoms with Crippen molar-refractivity contribution >= 4 is 28.4 Å². The molecule has 5 nitrogen and oxygen atoms in total. The molecule has 4 rings (SSSR count). The number of hydrogen-bond acceptors (Lipinski definition) is 3. The van der Waals surface area contributed by atoms with E-state index in [4.69, 9.17) is 16.3 Å². The molecule has 1 atom stereocenters. The second-order valence-corrected chi connectivity index (χ2v) is 8.36. The van der Waals surface area contributed by atoms with Crippen molar-refractivity contribution in [3.63, 3.8) is 0 Å². The van der Waals surface area contributed by atoms with Crippen LogP contribution < -0.4 is 10.1 Å². The third kappa shape index (κ3) is 4.32. The van der Waals surface area contributed by atoms with Crippen LogP contribution in [0.1, 0.15) is 36.8 Å². The molecule has 2 aromatic carbocycles. The molecule has 1 saturated heterocycles. The van der Waals surface area contributed by atoms with Gasteiger partial charge in [-0.15, -0.1) is 0 Å². The summed E-state index contributed by atoms with van der Waals surface area (Å²) in [5.41, 5.74) is 3.42. The lowest BCUT2D eigenvalue weighted by atomic mass is 9.88. The van der Waals surface area contributed by atoms with Crippen LogP contribution in [-0.2, 0) is 11.3 Å². The first-order valence-corrected chi connectivity index (χ1v) is 10.8. The van der Waals surface area contributed by atoms with E-state index in [1.165, 1.54) is 10.9 Å². The number of ether oxygens (including phenoxy) is 1. The fourth-order valence-corrected chi connectivity index (χ4v) is 4.52. The number of likely N-dealkylation sites (tertiary alicyclic amines) is 1. The number of carbonyl (C=O) groups excluding carboxylic acids is 1. The van der Waals surface area contributed by atoms with Gasteiger partial charge in [0.2, 0.25) is 5.91 Å². The highest BCUT2D eigenvalue weighted by Crippen LogP contribution is 2.35. The molecule has 2 heterocycles. The van der Waals surface area contributed by atoms with Gasteiger partial charge in [0.05, 0.1) is 13.2 Å². The van der Waals surface area contributed by atoms with Crippen LogP contribution in [0.5, 0.6) is 5.75 Å². The third-order valence-electron chi connectivity index (χ3n) is 6.23. The number of nitrogens with zero attached hydrogens (tertiary/aromatic N) is 1. The van der Waals surface area contributed by atoms with Crippen LogP contribution in [0, 0.1) is 0 Å². The lowest BCUT2D eigenvalue weighted by Crippen LogP contribution is -2.47. The summed E-state index contributed by atoms with van der Waals surface area (Å²) in [6, 6.07) is 13.6. The summed E-state index contributed by atoms with van der Waals surface area (Å²) in [5, 5.41) is 4.95. The van der Waals surface area contributed by atoms with Crippen LogP contribution in [0.15, 0.2) is 48.7 Å². The SMILES string of the molecule is COc1ccc2[nH]cc(C3CCN(C(C)C(=O)NCc4ccccc4Cl)CC3)c2c1. The number of amides is 1. The van der Waals surface area contributed by atoms with Crippen LogP contribution in [0.4, 0.5) is 0 Å². The Morgan fingerprint density at radius 3 is 2.77 bits per heavy atom. The molecule has 1 fully saturated rings. The summed E-state index contributed by atoms with van der Waals surface area (Å²) in [7, 11) is 1.70. The molecule has 1 aliphatic rings. The van der Waals surface area contributed by atoms with Gasteiger partial charge >= 0.3 is 0 Å². The number of benzene rings is 2. The first kappa shape index (κ1) is 20.8. The maximum Gasteiger partial charge on any atom is 0.237 e. The van der Waals surface area contributed by atoms with Gasteiger partial charge in [0.1, 0.15) is 5.75 Å². The van der Waals surface area contributed by atoms with Crippen molar-refractivity contribution in [1.29, 1.82) is 0 Å². The average molecular weight is 426 g/mol. The van der Waals surface area contributed by atoms with Crippen molar-refractivity contribution in [3.05, 3.63) is 64.8 Å². The fraction of sp³-hybridized carbons (Fsp3) is 0.375. The summed E-state index contributed by atoms with van der Waals surface area (Å²) in [5.74, 6) is 1.41. The van der Waals surface area contributed by atoms with E-state index in [1.54, 1.807) is 7.11 Å². The van der Waals surface area contributed by atoms with E-state index in [0.717, 1.165) is 42.8 Å². The Hall–Kier alpha value is -2.50. The summed E-state index contributed by atoms with van der Waals surface area (Å²) >= 11 is 6.19. The Bertz CT molecular complexity index is 1020. The minimum atomic E-state index is -0.156.